The first kappa shape index (κ1) is 24.1. The van der Waals surface area contributed by atoms with Crippen LogP contribution in [0.2, 0.25) is 0 Å². The van der Waals surface area contributed by atoms with Crippen LogP contribution in [0.25, 0.3) is 32.4 Å². The monoisotopic (exact) mass is 541 g/mol. The van der Waals surface area contributed by atoms with E-state index >= 15 is 0 Å². The molecule has 2 fully saturated rings. The second-order valence-electron chi connectivity index (χ2n) is 10.0. The number of rotatable bonds is 6. The zero-order valence-electron chi connectivity index (χ0n) is 21.3. The minimum atomic E-state index is -0.0371. The van der Waals surface area contributed by atoms with E-state index in [-0.39, 0.29) is 11.5 Å². The number of benzene rings is 1. The second-order valence-corrected chi connectivity index (χ2v) is 10.9. The molecule has 10 heteroatoms. The fraction of sp³-hybridized carbons (Fsp3) is 0.310. The molecule has 2 aliphatic rings. The van der Waals surface area contributed by atoms with Crippen LogP contribution in [-0.2, 0) is 4.74 Å². The molecule has 1 saturated carbocycles. The summed E-state index contributed by atoms with van der Waals surface area (Å²) in [5.41, 5.74) is 4.59. The number of nitrogens with one attached hydrogen (secondary N) is 1. The highest BCUT2D eigenvalue weighted by molar-refractivity contribution is 7.17. The van der Waals surface area contributed by atoms with Crippen LogP contribution in [0.3, 0.4) is 0 Å². The number of hydrogen-bond donors (Lipinski definition) is 1. The second kappa shape index (κ2) is 9.94. The fourth-order valence-corrected chi connectivity index (χ4v) is 6.60. The van der Waals surface area contributed by atoms with Crippen LogP contribution in [0.15, 0.2) is 57.2 Å². The largest absolute Gasteiger partial charge is 0.439 e. The number of carbonyl (C=O) groups is 1. The molecule has 1 N–H and O–H groups in total. The Kier molecular flexibility index (Phi) is 6.13. The molecular formula is C29H27N5O4S. The predicted molar refractivity (Wildman–Crippen MR) is 153 cm³/mol. The minimum absolute atomic E-state index is 0.0371. The quantitative estimate of drug-likeness (QED) is 0.270. The third-order valence-corrected chi connectivity index (χ3v) is 8.58. The van der Waals surface area contributed by atoms with Crippen LogP contribution in [0.4, 0.5) is 17.5 Å². The van der Waals surface area contributed by atoms with E-state index in [0.29, 0.717) is 54.1 Å². The molecular weight excluding hydrogens is 514 g/mol. The molecule has 1 aromatic carbocycles. The zero-order valence-corrected chi connectivity index (χ0v) is 22.1. The van der Waals surface area contributed by atoms with Crippen LogP contribution >= 0.6 is 11.3 Å². The molecule has 1 aliphatic carbocycles. The van der Waals surface area contributed by atoms with Crippen molar-refractivity contribution < 1.29 is 13.9 Å². The van der Waals surface area contributed by atoms with Crippen molar-refractivity contribution in [1.82, 2.24) is 14.5 Å². The van der Waals surface area contributed by atoms with Gasteiger partial charge in [-0.2, -0.15) is 4.98 Å². The third-order valence-electron chi connectivity index (χ3n) is 7.60. The smallest absolute Gasteiger partial charge is 0.229 e. The number of nitrogens with zero attached hydrogens (tertiary/aromatic N) is 4. The van der Waals surface area contributed by atoms with Gasteiger partial charge in [-0.25, -0.2) is 4.98 Å². The van der Waals surface area contributed by atoms with E-state index < -0.39 is 0 Å². The average Bonchev–Trinajstić information content (AvgIpc) is 3.72. The summed E-state index contributed by atoms with van der Waals surface area (Å²) in [6.07, 6.45) is 7.11. The molecule has 198 valence electrons. The molecule has 0 bridgehead atoms. The molecule has 0 amide bonds. The molecule has 4 aromatic heterocycles. The Bertz CT molecular complexity index is 1740. The van der Waals surface area contributed by atoms with Crippen molar-refractivity contribution in [3.8, 4) is 11.1 Å². The lowest BCUT2D eigenvalue weighted by atomic mass is 10.1. The number of morpholine rings is 1. The van der Waals surface area contributed by atoms with Crippen molar-refractivity contribution in [3.05, 3.63) is 63.9 Å². The summed E-state index contributed by atoms with van der Waals surface area (Å²) in [4.78, 5) is 36.0. The highest BCUT2D eigenvalue weighted by Gasteiger charge is 2.23. The Hall–Kier alpha value is -4.02. The van der Waals surface area contributed by atoms with E-state index in [4.69, 9.17) is 14.1 Å². The molecule has 0 unspecified atom stereocenters. The number of aldehydes is 1. The summed E-state index contributed by atoms with van der Waals surface area (Å²) in [6.45, 7) is 2.61. The molecule has 1 aliphatic heterocycles. The molecule has 1 saturated heterocycles. The van der Waals surface area contributed by atoms with Crippen molar-refractivity contribution >= 4 is 56.5 Å². The molecule has 5 heterocycles. The fourth-order valence-electron chi connectivity index (χ4n) is 5.69. The average molecular weight is 542 g/mol. The third kappa shape index (κ3) is 4.39. The van der Waals surface area contributed by atoms with Gasteiger partial charge in [-0.05, 0) is 36.6 Å². The maximum absolute atomic E-state index is 12.9. The lowest BCUT2D eigenvalue weighted by Gasteiger charge is -2.27. The lowest BCUT2D eigenvalue weighted by molar-refractivity contribution is 0.111. The molecule has 5 aromatic rings. The van der Waals surface area contributed by atoms with Crippen LogP contribution < -0.4 is 15.6 Å². The number of carbonyl (C=O) groups excluding carboxylic acids is 1. The van der Waals surface area contributed by atoms with Crippen LogP contribution in [0.1, 0.15) is 42.2 Å². The van der Waals surface area contributed by atoms with Gasteiger partial charge in [0.15, 0.2) is 17.8 Å². The first-order valence-corrected chi connectivity index (χ1v) is 14.1. The maximum Gasteiger partial charge on any atom is 0.229 e. The van der Waals surface area contributed by atoms with E-state index in [1.54, 1.807) is 12.3 Å². The Balaban J connectivity index is 1.22. The summed E-state index contributed by atoms with van der Waals surface area (Å²) >= 11 is 1.39. The topological polar surface area (TPSA) is 102 Å². The van der Waals surface area contributed by atoms with Gasteiger partial charge < -0.3 is 23.9 Å². The Morgan fingerprint density at radius 1 is 1.10 bits per heavy atom. The Morgan fingerprint density at radius 3 is 2.77 bits per heavy atom. The number of thiophene rings is 1. The van der Waals surface area contributed by atoms with Gasteiger partial charge in [-0.15, -0.1) is 11.3 Å². The Labute approximate surface area is 228 Å². The van der Waals surface area contributed by atoms with Gasteiger partial charge in [0, 0.05) is 53.4 Å². The van der Waals surface area contributed by atoms with Gasteiger partial charge in [-0.3, -0.25) is 9.59 Å². The summed E-state index contributed by atoms with van der Waals surface area (Å²) < 4.78 is 14.4. The lowest BCUT2D eigenvalue weighted by Crippen LogP contribution is -2.36. The van der Waals surface area contributed by atoms with Gasteiger partial charge >= 0.3 is 0 Å². The summed E-state index contributed by atoms with van der Waals surface area (Å²) in [5, 5.41) is 6.16. The van der Waals surface area contributed by atoms with E-state index in [0.717, 1.165) is 59.8 Å². The van der Waals surface area contributed by atoms with Gasteiger partial charge in [0.25, 0.3) is 0 Å². The summed E-state index contributed by atoms with van der Waals surface area (Å²) in [7, 11) is 0. The van der Waals surface area contributed by atoms with Crippen LogP contribution in [-0.4, -0.2) is 47.1 Å². The molecule has 7 rings (SSSR count). The predicted octanol–water partition coefficient (Wildman–Crippen LogP) is 5.77. The molecule has 0 radical (unpaired) electrons. The first-order valence-electron chi connectivity index (χ1n) is 13.3. The highest BCUT2D eigenvalue weighted by Crippen LogP contribution is 2.37. The van der Waals surface area contributed by atoms with Crippen LogP contribution in [0.5, 0.6) is 0 Å². The van der Waals surface area contributed by atoms with Crippen molar-refractivity contribution in [2.24, 2.45) is 0 Å². The van der Waals surface area contributed by atoms with E-state index in [1.165, 1.54) is 11.3 Å². The number of aromatic nitrogens is 3. The van der Waals surface area contributed by atoms with E-state index in [9.17, 15) is 9.59 Å². The van der Waals surface area contributed by atoms with Gasteiger partial charge in [0.1, 0.15) is 10.3 Å². The maximum atomic E-state index is 12.9. The zero-order chi connectivity index (χ0) is 26.3. The Morgan fingerprint density at radius 2 is 1.95 bits per heavy atom. The number of fused-ring (bicyclic) bond motifs is 2. The molecule has 0 spiro atoms. The van der Waals surface area contributed by atoms with Crippen LogP contribution in [0, 0.1) is 0 Å². The highest BCUT2D eigenvalue weighted by atomic mass is 32.1. The van der Waals surface area contributed by atoms with Crippen molar-refractivity contribution in [2.45, 2.75) is 31.7 Å². The first-order chi connectivity index (χ1) is 19.2. The van der Waals surface area contributed by atoms with Gasteiger partial charge in [0.05, 0.1) is 18.9 Å². The van der Waals surface area contributed by atoms with Crippen molar-refractivity contribution in [1.29, 1.82) is 0 Å². The summed E-state index contributed by atoms with van der Waals surface area (Å²) in [6, 6.07) is 11.6. The van der Waals surface area contributed by atoms with Gasteiger partial charge in [0.2, 0.25) is 11.4 Å². The minimum Gasteiger partial charge on any atom is -0.439 e. The number of ether oxygens (including phenoxy) is 1. The SMILES string of the molecule is O=Cc1cc2cnc(Nc3cccc(-c4csc5c(=O)cc(N6CCOCC6)oc45)c3)nc2n1C1CCCC1. The van der Waals surface area contributed by atoms with Crippen molar-refractivity contribution in [3.63, 3.8) is 0 Å². The molecule has 0 atom stereocenters. The van der Waals surface area contributed by atoms with E-state index in [1.807, 2.05) is 35.7 Å². The van der Waals surface area contributed by atoms with Gasteiger partial charge in [-0.1, -0.05) is 25.0 Å². The standard InChI is InChI=1S/C29H27N5O4S/c35-16-22-13-19-15-30-29(32-28(19)34(22)21-6-1-2-7-21)31-20-5-3-4-18(12-20)23-17-39-27-24(36)14-25(38-26(23)27)33-8-10-37-11-9-33/h3-5,12-17,21H,1-2,6-11H2,(H,30,31,32). The molecule has 39 heavy (non-hydrogen) atoms. The molecule has 9 nitrogen and oxygen atoms in total. The normalized spacial score (nSPS) is 16.4. The van der Waals surface area contributed by atoms with Crippen molar-refractivity contribution in [2.75, 3.05) is 36.5 Å². The number of hydrogen-bond acceptors (Lipinski definition) is 9. The van der Waals surface area contributed by atoms with E-state index in [2.05, 4.69) is 19.8 Å². The summed E-state index contributed by atoms with van der Waals surface area (Å²) in [5.74, 6) is 1.04. The number of anilines is 3.